The maximum Gasteiger partial charge on any atom is 0.224 e. The van der Waals surface area contributed by atoms with Gasteiger partial charge in [-0.25, -0.2) is 0 Å². The molecule has 0 saturated carbocycles. The maximum atomic E-state index is 12.4. The molecule has 5 nitrogen and oxygen atoms in total. The van der Waals surface area contributed by atoms with Gasteiger partial charge in [0.1, 0.15) is 11.5 Å². The number of benzene rings is 1. The number of methoxy groups -OCH3 is 2. The summed E-state index contributed by atoms with van der Waals surface area (Å²) >= 11 is 0. The van der Waals surface area contributed by atoms with Crippen LogP contribution in [0.5, 0.6) is 11.5 Å². The minimum absolute atomic E-state index is 0.0362. The highest BCUT2D eigenvalue weighted by Crippen LogP contribution is 2.29. The Kier molecular flexibility index (Phi) is 4.52. The SMILES string of the molecule is COc1cccc(OC)c1CC(=O)NC1CC2CCC(C1)N2. The molecular formula is C17H24N2O3. The van der Waals surface area contributed by atoms with Crippen LogP contribution in [0, 0.1) is 0 Å². The Morgan fingerprint density at radius 1 is 1.18 bits per heavy atom. The summed E-state index contributed by atoms with van der Waals surface area (Å²) in [5.41, 5.74) is 0.807. The molecule has 3 rings (SSSR count). The molecular weight excluding hydrogens is 280 g/mol. The molecule has 0 aromatic heterocycles. The highest BCUT2D eigenvalue weighted by atomic mass is 16.5. The van der Waals surface area contributed by atoms with Gasteiger partial charge in [0.25, 0.3) is 0 Å². The minimum atomic E-state index is 0.0362. The molecule has 0 spiro atoms. The van der Waals surface area contributed by atoms with Crippen molar-refractivity contribution >= 4 is 5.91 Å². The zero-order valence-corrected chi connectivity index (χ0v) is 13.2. The zero-order chi connectivity index (χ0) is 15.5. The number of ether oxygens (including phenoxy) is 2. The molecule has 5 heteroatoms. The van der Waals surface area contributed by atoms with E-state index in [-0.39, 0.29) is 18.4 Å². The van der Waals surface area contributed by atoms with Gasteiger partial charge in [-0.05, 0) is 37.8 Å². The van der Waals surface area contributed by atoms with Crippen LogP contribution >= 0.6 is 0 Å². The molecule has 120 valence electrons. The van der Waals surface area contributed by atoms with Gasteiger partial charge in [0.2, 0.25) is 5.91 Å². The lowest BCUT2D eigenvalue weighted by atomic mass is 9.99. The van der Waals surface area contributed by atoms with Crippen LogP contribution in [0.1, 0.15) is 31.2 Å². The summed E-state index contributed by atoms with van der Waals surface area (Å²) in [4.78, 5) is 12.4. The van der Waals surface area contributed by atoms with Crippen LogP contribution < -0.4 is 20.1 Å². The summed E-state index contributed by atoms with van der Waals surface area (Å²) in [6.07, 6.45) is 4.82. The van der Waals surface area contributed by atoms with E-state index in [0.29, 0.717) is 23.6 Å². The first kappa shape index (κ1) is 15.2. The molecule has 2 bridgehead atoms. The van der Waals surface area contributed by atoms with Gasteiger partial charge >= 0.3 is 0 Å². The number of hydrogen-bond donors (Lipinski definition) is 2. The van der Waals surface area contributed by atoms with E-state index >= 15 is 0 Å². The highest BCUT2D eigenvalue weighted by molar-refractivity contribution is 5.80. The second-order valence-corrected chi connectivity index (χ2v) is 6.19. The van der Waals surface area contributed by atoms with E-state index < -0.39 is 0 Å². The summed E-state index contributed by atoms with van der Waals surface area (Å²) in [6.45, 7) is 0. The van der Waals surface area contributed by atoms with E-state index in [4.69, 9.17) is 9.47 Å². The molecule has 2 aliphatic heterocycles. The molecule has 1 amide bonds. The third kappa shape index (κ3) is 3.19. The van der Waals surface area contributed by atoms with Crippen molar-refractivity contribution in [3.63, 3.8) is 0 Å². The van der Waals surface area contributed by atoms with E-state index in [9.17, 15) is 4.79 Å². The number of rotatable bonds is 5. The topological polar surface area (TPSA) is 59.6 Å². The number of amides is 1. The molecule has 2 fully saturated rings. The smallest absolute Gasteiger partial charge is 0.224 e. The molecule has 2 unspecified atom stereocenters. The molecule has 0 aliphatic carbocycles. The molecule has 2 N–H and O–H groups in total. The Labute approximate surface area is 131 Å². The molecule has 1 aromatic rings. The number of nitrogens with one attached hydrogen (secondary N) is 2. The summed E-state index contributed by atoms with van der Waals surface area (Å²) in [5.74, 6) is 1.42. The van der Waals surface area contributed by atoms with Crippen LogP contribution in [0.4, 0.5) is 0 Å². The number of carbonyl (C=O) groups excluding carboxylic acids is 1. The van der Waals surface area contributed by atoms with E-state index in [2.05, 4.69) is 10.6 Å². The first-order valence-electron chi connectivity index (χ1n) is 7.95. The summed E-state index contributed by atoms with van der Waals surface area (Å²) in [6, 6.07) is 7.01. The summed E-state index contributed by atoms with van der Waals surface area (Å²) in [7, 11) is 3.22. The van der Waals surface area contributed by atoms with Gasteiger partial charge in [-0.15, -0.1) is 0 Å². The van der Waals surface area contributed by atoms with Crippen LogP contribution in [-0.2, 0) is 11.2 Å². The predicted octanol–water partition coefficient (Wildman–Crippen LogP) is 1.65. The molecule has 1 aromatic carbocycles. The van der Waals surface area contributed by atoms with E-state index in [1.807, 2.05) is 18.2 Å². The minimum Gasteiger partial charge on any atom is -0.496 e. The van der Waals surface area contributed by atoms with Crippen molar-refractivity contribution in [1.82, 2.24) is 10.6 Å². The number of hydrogen-bond acceptors (Lipinski definition) is 4. The summed E-state index contributed by atoms with van der Waals surface area (Å²) < 4.78 is 10.7. The fourth-order valence-corrected chi connectivity index (χ4v) is 3.72. The first-order valence-corrected chi connectivity index (χ1v) is 7.95. The van der Waals surface area contributed by atoms with E-state index in [1.165, 1.54) is 12.8 Å². The van der Waals surface area contributed by atoms with Crippen molar-refractivity contribution in [3.05, 3.63) is 23.8 Å². The van der Waals surface area contributed by atoms with Crippen molar-refractivity contribution in [2.24, 2.45) is 0 Å². The number of fused-ring (bicyclic) bond motifs is 2. The molecule has 2 saturated heterocycles. The average molecular weight is 304 g/mol. The zero-order valence-electron chi connectivity index (χ0n) is 13.2. The van der Waals surface area contributed by atoms with Crippen molar-refractivity contribution in [3.8, 4) is 11.5 Å². The quantitative estimate of drug-likeness (QED) is 0.868. The van der Waals surface area contributed by atoms with Gasteiger partial charge in [-0.3, -0.25) is 4.79 Å². The lowest BCUT2D eigenvalue weighted by Gasteiger charge is -2.29. The highest BCUT2D eigenvalue weighted by Gasteiger charge is 2.34. The Bertz CT molecular complexity index is 512. The van der Waals surface area contributed by atoms with Gasteiger partial charge in [0, 0.05) is 23.7 Å². The largest absolute Gasteiger partial charge is 0.496 e. The Morgan fingerprint density at radius 2 is 1.77 bits per heavy atom. The lowest BCUT2D eigenvalue weighted by molar-refractivity contribution is -0.121. The van der Waals surface area contributed by atoms with Gasteiger partial charge in [0.05, 0.1) is 20.6 Å². The van der Waals surface area contributed by atoms with E-state index in [1.54, 1.807) is 14.2 Å². The third-order valence-electron chi connectivity index (χ3n) is 4.71. The number of carbonyl (C=O) groups is 1. The fourth-order valence-electron chi connectivity index (χ4n) is 3.72. The molecule has 2 atom stereocenters. The van der Waals surface area contributed by atoms with Crippen molar-refractivity contribution in [2.75, 3.05) is 14.2 Å². The van der Waals surface area contributed by atoms with Crippen LogP contribution in [0.2, 0.25) is 0 Å². The van der Waals surface area contributed by atoms with Gasteiger partial charge in [-0.2, -0.15) is 0 Å². The van der Waals surface area contributed by atoms with Crippen LogP contribution in [0.3, 0.4) is 0 Å². The maximum absolute atomic E-state index is 12.4. The second-order valence-electron chi connectivity index (χ2n) is 6.19. The van der Waals surface area contributed by atoms with Gasteiger partial charge in [0.15, 0.2) is 0 Å². The second kappa shape index (κ2) is 6.57. The van der Waals surface area contributed by atoms with Crippen LogP contribution in [-0.4, -0.2) is 38.3 Å². The standard InChI is InChI=1S/C17H24N2O3/c1-21-15-4-3-5-16(22-2)14(15)10-17(20)19-13-8-11-6-7-12(9-13)18-11/h3-5,11-13,18H,6-10H2,1-2H3,(H,19,20). The van der Waals surface area contributed by atoms with E-state index in [0.717, 1.165) is 18.4 Å². The fraction of sp³-hybridized carbons (Fsp3) is 0.588. The average Bonchev–Trinajstić information content (AvgIpc) is 2.86. The monoisotopic (exact) mass is 304 g/mol. The third-order valence-corrected chi connectivity index (χ3v) is 4.71. The summed E-state index contributed by atoms with van der Waals surface area (Å²) in [5, 5.41) is 6.77. The van der Waals surface area contributed by atoms with Crippen molar-refractivity contribution < 1.29 is 14.3 Å². The van der Waals surface area contributed by atoms with Gasteiger partial charge in [-0.1, -0.05) is 6.07 Å². The van der Waals surface area contributed by atoms with Crippen LogP contribution in [0.25, 0.3) is 0 Å². The Morgan fingerprint density at radius 3 is 2.32 bits per heavy atom. The van der Waals surface area contributed by atoms with Crippen molar-refractivity contribution in [1.29, 1.82) is 0 Å². The normalized spacial score (nSPS) is 26.5. The molecule has 0 radical (unpaired) electrons. The number of piperidine rings is 1. The molecule has 2 aliphatic rings. The van der Waals surface area contributed by atoms with Gasteiger partial charge < -0.3 is 20.1 Å². The van der Waals surface area contributed by atoms with Crippen molar-refractivity contribution in [2.45, 2.75) is 50.2 Å². The van der Waals surface area contributed by atoms with Crippen LogP contribution in [0.15, 0.2) is 18.2 Å². The molecule has 22 heavy (non-hydrogen) atoms. The Balaban J connectivity index is 1.64. The lowest BCUT2D eigenvalue weighted by Crippen LogP contribution is -2.48. The predicted molar refractivity (Wildman–Crippen MR) is 84.4 cm³/mol. The Hall–Kier alpha value is -1.75. The molecule has 2 heterocycles. The first-order chi connectivity index (χ1) is 10.7.